The Balaban J connectivity index is 1.59. The van der Waals surface area contributed by atoms with Crippen LogP contribution in [-0.4, -0.2) is 49.3 Å². The molecular formula is C30H40N4O4Si. The van der Waals surface area contributed by atoms with Gasteiger partial charge >= 0.3 is 5.69 Å². The fourth-order valence-corrected chi connectivity index (χ4v) is 6.72. The van der Waals surface area contributed by atoms with Gasteiger partial charge in [-0.25, -0.2) is 4.79 Å². The average molecular weight is 549 g/mol. The molecular weight excluding hydrogens is 508 g/mol. The summed E-state index contributed by atoms with van der Waals surface area (Å²) in [5.74, 6) is 0. The number of hydrogen-bond donors (Lipinski definition) is 1. The lowest BCUT2D eigenvalue weighted by Gasteiger charge is -2.43. The first-order valence-electron chi connectivity index (χ1n) is 13.7. The van der Waals surface area contributed by atoms with Crippen LogP contribution in [0.1, 0.15) is 39.0 Å². The Morgan fingerprint density at radius 1 is 0.923 bits per heavy atom. The molecule has 0 amide bonds. The average Bonchev–Trinajstić information content (AvgIpc) is 3.50. The first kappa shape index (κ1) is 27.4. The fraction of sp³-hybridized carbons (Fsp3) is 0.467. The Hall–Kier alpha value is -3.14. The van der Waals surface area contributed by atoms with Gasteiger partial charge in [-0.05, 0) is 49.3 Å². The Kier molecular flexibility index (Phi) is 7.34. The summed E-state index contributed by atoms with van der Waals surface area (Å²) in [5, 5.41) is 0.00889. The largest absolute Gasteiger partial charge is 0.411 e. The van der Waals surface area contributed by atoms with Crippen LogP contribution in [-0.2, 0) is 9.16 Å². The molecule has 3 aromatic rings. The van der Waals surface area contributed by atoms with E-state index in [0.717, 1.165) is 24.5 Å². The maximum absolute atomic E-state index is 12.9. The van der Waals surface area contributed by atoms with E-state index in [1.165, 1.54) is 4.57 Å². The topological polar surface area (TPSA) is 79.8 Å². The molecule has 5 rings (SSSR count). The quantitative estimate of drug-likeness (QED) is 0.443. The van der Waals surface area contributed by atoms with Crippen LogP contribution in [0.3, 0.4) is 0 Å². The van der Waals surface area contributed by atoms with Crippen LogP contribution < -0.4 is 21.0 Å². The normalized spacial score (nSPS) is 22.6. The number of hydrogen-bond acceptors (Lipinski definition) is 6. The number of nitrogens with zero attached hydrogens (tertiary/aromatic N) is 3. The van der Waals surface area contributed by atoms with Gasteiger partial charge in [0.05, 0.1) is 6.10 Å². The van der Waals surface area contributed by atoms with Crippen molar-refractivity contribution in [1.82, 2.24) is 9.55 Å². The monoisotopic (exact) mass is 548 g/mol. The summed E-state index contributed by atoms with van der Waals surface area (Å²) < 4.78 is 15.4. The molecule has 3 atom stereocenters. The molecule has 9 heteroatoms. The van der Waals surface area contributed by atoms with E-state index in [9.17, 15) is 9.59 Å². The number of aromatic amines is 1. The van der Waals surface area contributed by atoms with Crippen molar-refractivity contribution >= 4 is 19.7 Å². The lowest BCUT2D eigenvalue weighted by molar-refractivity contribution is -0.0294. The summed E-state index contributed by atoms with van der Waals surface area (Å²) in [6.07, 6.45) is 0.847. The van der Waals surface area contributed by atoms with Crippen LogP contribution in [0, 0.1) is 6.92 Å². The molecule has 2 aliphatic heterocycles. The maximum atomic E-state index is 12.9. The minimum atomic E-state index is -2.19. The third kappa shape index (κ3) is 5.35. The summed E-state index contributed by atoms with van der Waals surface area (Å²) in [7, 11) is -2.19. The highest BCUT2D eigenvalue weighted by Gasteiger charge is 2.51. The van der Waals surface area contributed by atoms with Crippen molar-refractivity contribution in [3.63, 3.8) is 0 Å². The second-order valence-corrected chi connectivity index (χ2v) is 16.9. The van der Waals surface area contributed by atoms with Crippen LogP contribution in [0.25, 0.3) is 0 Å². The number of ether oxygens (including phenoxy) is 1. The van der Waals surface area contributed by atoms with Gasteiger partial charge in [0.2, 0.25) is 0 Å². The lowest BCUT2D eigenvalue weighted by atomic mass is 10.1. The van der Waals surface area contributed by atoms with Gasteiger partial charge < -0.3 is 19.0 Å². The van der Waals surface area contributed by atoms with Crippen molar-refractivity contribution in [2.45, 2.75) is 76.8 Å². The van der Waals surface area contributed by atoms with E-state index < -0.39 is 20.2 Å². The van der Waals surface area contributed by atoms with E-state index in [2.05, 4.69) is 97.2 Å². The summed E-state index contributed by atoms with van der Waals surface area (Å²) in [6.45, 7) is 14.6. The van der Waals surface area contributed by atoms with Crippen LogP contribution in [0.2, 0.25) is 18.1 Å². The van der Waals surface area contributed by atoms with Gasteiger partial charge in [0.25, 0.3) is 5.56 Å². The highest BCUT2D eigenvalue weighted by atomic mass is 28.4. The molecule has 8 nitrogen and oxygen atoms in total. The third-order valence-electron chi connectivity index (χ3n) is 8.51. The Morgan fingerprint density at radius 3 is 1.97 bits per heavy atom. The molecule has 2 aromatic carbocycles. The number of benzene rings is 2. The van der Waals surface area contributed by atoms with Crippen molar-refractivity contribution in [3.8, 4) is 0 Å². The van der Waals surface area contributed by atoms with E-state index in [-0.39, 0.29) is 29.0 Å². The number of anilines is 2. The lowest BCUT2D eigenvalue weighted by Crippen LogP contribution is -2.55. The standard InChI is InChI=1S/C30H40N4O4Si/c1-21-20-34(29(36)31-27(21)35)25-19-24(38-39(5,6)30(2,3)4)26(37-25)28-32(22-13-9-7-10-14-22)17-18-33(28)23-15-11-8-12-16-23/h7-16,20,24-26,28H,17-19H2,1-6H3,(H,31,35,36)/t24-,25?,26-/m0/s1. The summed E-state index contributed by atoms with van der Waals surface area (Å²) in [4.78, 5) is 32.2. The smallest absolute Gasteiger partial charge is 0.330 e. The number of rotatable bonds is 6. The molecule has 0 spiro atoms. The van der Waals surface area contributed by atoms with Gasteiger partial charge in [-0.1, -0.05) is 57.2 Å². The molecule has 39 heavy (non-hydrogen) atoms. The second-order valence-electron chi connectivity index (χ2n) is 12.2. The van der Waals surface area contributed by atoms with E-state index in [1.54, 1.807) is 13.1 Å². The van der Waals surface area contributed by atoms with Gasteiger partial charge in [-0.15, -0.1) is 0 Å². The highest BCUT2D eigenvalue weighted by molar-refractivity contribution is 6.74. The Morgan fingerprint density at radius 2 is 1.46 bits per heavy atom. The van der Waals surface area contributed by atoms with Gasteiger partial charge in [-0.3, -0.25) is 14.3 Å². The minimum Gasteiger partial charge on any atom is -0.411 e. The van der Waals surface area contributed by atoms with Crippen LogP contribution >= 0.6 is 0 Å². The zero-order valence-corrected chi connectivity index (χ0v) is 24.8. The van der Waals surface area contributed by atoms with Gasteiger partial charge in [0.1, 0.15) is 18.5 Å². The number of aromatic nitrogens is 2. The SMILES string of the molecule is Cc1cn(C2C[C@H](O[Si](C)(C)C(C)(C)C)[C@@H](C3N(c4ccccc4)CCN3c3ccccc3)O2)c(=O)[nH]c1=O. The first-order valence-corrected chi connectivity index (χ1v) is 16.7. The number of para-hydroxylation sites is 2. The zero-order valence-electron chi connectivity index (χ0n) is 23.8. The van der Waals surface area contributed by atoms with E-state index in [0.29, 0.717) is 12.0 Å². The predicted molar refractivity (Wildman–Crippen MR) is 158 cm³/mol. The van der Waals surface area contributed by atoms with Crippen LogP contribution in [0.15, 0.2) is 76.4 Å². The van der Waals surface area contributed by atoms with Crippen molar-refractivity contribution in [3.05, 3.63) is 93.3 Å². The van der Waals surface area contributed by atoms with Crippen LogP contribution in [0.4, 0.5) is 11.4 Å². The number of H-pyrrole nitrogens is 1. The molecule has 0 bridgehead atoms. The third-order valence-corrected chi connectivity index (χ3v) is 13.0. The van der Waals surface area contributed by atoms with Crippen LogP contribution in [0.5, 0.6) is 0 Å². The van der Waals surface area contributed by atoms with E-state index in [4.69, 9.17) is 9.16 Å². The van der Waals surface area contributed by atoms with Gasteiger partial charge in [0.15, 0.2) is 8.32 Å². The maximum Gasteiger partial charge on any atom is 0.330 e. The molecule has 2 fully saturated rings. The number of nitrogens with one attached hydrogen (secondary N) is 1. The number of aryl methyl sites for hydroxylation is 1. The zero-order chi connectivity index (χ0) is 27.9. The minimum absolute atomic E-state index is 0.00889. The molecule has 1 aromatic heterocycles. The van der Waals surface area contributed by atoms with Gasteiger partial charge in [-0.2, -0.15) is 0 Å². The fourth-order valence-electron chi connectivity index (χ4n) is 5.37. The Labute approximate surface area is 231 Å². The Bertz CT molecular complexity index is 1350. The molecule has 3 heterocycles. The first-order chi connectivity index (χ1) is 18.5. The molecule has 0 saturated carbocycles. The van der Waals surface area contributed by atoms with Crippen molar-refractivity contribution < 1.29 is 9.16 Å². The van der Waals surface area contributed by atoms with Crippen molar-refractivity contribution in [2.24, 2.45) is 0 Å². The summed E-state index contributed by atoms with van der Waals surface area (Å²) in [5.41, 5.74) is 1.88. The molecule has 2 aliphatic rings. The summed E-state index contributed by atoms with van der Waals surface area (Å²) in [6, 6.07) is 20.8. The van der Waals surface area contributed by atoms with Crippen molar-refractivity contribution in [2.75, 3.05) is 22.9 Å². The molecule has 0 radical (unpaired) electrons. The van der Waals surface area contributed by atoms with Gasteiger partial charge in [0, 0.05) is 42.6 Å². The summed E-state index contributed by atoms with van der Waals surface area (Å²) >= 11 is 0. The van der Waals surface area contributed by atoms with Crippen molar-refractivity contribution in [1.29, 1.82) is 0 Å². The predicted octanol–water partition coefficient (Wildman–Crippen LogP) is 4.88. The van der Waals surface area contributed by atoms with E-state index >= 15 is 0 Å². The highest BCUT2D eigenvalue weighted by Crippen LogP contribution is 2.44. The molecule has 1 unspecified atom stereocenters. The molecule has 2 saturated heterocycles. The molecule has 208 valence electrons. The molecule has 1 N–H and O–H groups in total. The van der Waals surface area contributed by atoms with E-state index in [1.807, 2.05) is 12.1 Å². The molecule has 0 aliphatic carbocycles. The second kappa shape index (κ2) is 10.4.